The summed E-state index contributed by atoms with van der Waals surface area (Å²) in [5, 5.41) is 3.39. The van der Waals surface area contributed by atoms with Gasteiger partial charge in [0.2, 0.25) is 0 Å². The van der Waals surface area contributed by atoms with Crippen molar-refractivity contribution in [2.75, 3.05) is 20.3 Å². The Hall–Kier alpha value is -3.13. The largest absolute Gasteiger partial charge is 0.493 e. The van der Waals surface area contributed by atoms with Gasteiger partial charge in [-0.2, -0.15) is 13.2 Å². The van der Waals surface area contributed by atoms with Gasteiger partial charge >= 0.3 is 6.18 Å². The van der Waals surface area contributed by atoms with Crippen LogP contribution in [0.25, 0.3) is 10.4 Å². The fraction of sp³-hybridized carbons (Fsp3) is 0.333. The maximum absolute atomic E-state index is 13.3. The average Bonchev–Trinajstić information content (AvgIpc) is 2.66. The molecule has 6 nitrogen and oxygen atoms in total. The number of azide groups is 1. The minimum absolute atomic E-state index is 0.161. The van der Waals surface area contributed by atoms with E-state index < -0.39 is 17.6 Å². The molecule has 0 aliphatic carbocycles. The number of ether oxygens (including phenoxy) is 3. The van der Waals surface area contributed by atoms with Gasteiger partial charge in [0.25, 0.3) is 0 Å². The van der Waals surface area contributed by atoms with Gasteiger partial charge in [0.05, 0.1) is 19.3 Å². The molecule has 2 rings (SSSR count). The maximum atomic E-state index is 13.3. The summed E-state index contributed by atoms with van der Waals surface area (Å²) >= 11 is 0. The van der Waals surface area contributed by atoms with E-state index >= 15 is 0 Å². The molecule has 2 aromatic carbocycles. The van der Waals surface area contributed by atoms with Crippen LogP contribution in [-0.4, -0.2) is 20.3 Å². The van der Waals surface area contributed by atoms with Crippen LogP contribution in [0.2, 0.25) is 0 Å². The first-order valence-electron chi connectivity index (χ1n) is 8.15. The van der Waals surface area contributed by atoms with E-state index in [0.29, 0.717) is 42.9 Å². The number of methoxy groups -OCH3 is 1. The maximum Gasteiger partial charge on any atom is 0.419 e. The van der Waals surface area contributed by atoms with Crippen LogP contribution in [0.4, 0.5) is 17.6 Å². The minimum Gasteiger partial charge on any atom is -0.493 e. The molecule has 0 heterocycles. The third-order valence-corrected chi connectivity index (χ3v) is 3.60. The molecule has 0 N–H and O–H groups in total. The van der Waals surface area contributed by atoms with E-state index in [1.807, 2.05) is 0 Å². The van der Waals surface area contributed by atoms with Gasteiger partial charge in [-0.05, 0) is 41.8 Å². The first-order chi connectivity index (χ1) is 13.3. The van der Waals surface area contributed by atoms with E-state index in [0.717, 1.165) is 6.07 Å². The second-order valence-electron chi connectivity index (χ2n) is 5.57. The molecule has 0 unspecified atom stereocenters. The van der Waals surface area contributed by atoms with E-state index in [4.69, 9.17) is 19.7 Å². The fourth-order valence-corrected chi connectivity index (χ4v) is 2.27. The SMILES string of the molecule is COc1cc(OCCCN=[N+]=[N-])ccc1OCc1ccc(F)c(C(F)(F)F)c1. The lowest BCUT2D eigenvalue weighted by molar-refractivity contribution is -0.140. The summed E-state index contributed by atoms with van der Waals surface area (Å²) in [5.74, 6) is -0.227. The zero-order chi connectivity index (χ0) is 20.6. The van der Waals surface area contributed by atoms with Crippen LogP contribution in [0.15, 0.2) is 41.5 Å². The van der Waals surface area contributed by atoms with Crippen LogP contribution in [0.3, 0.4) is 0 Å². The molecule has 28 heavy (non-hydrogen) atoms. The lowest BCUT2D eigenvalue weighted by Gasteiger charge is -2.14. The number of nitrogens with zero attached hydrogens (tertiary/aromatic N) is 3. The number of hydrogen-bond donors (Lipinski definition) is 0. The van der Waals surface area contributed by atoms with E-state index in [1.54, 1.807) is 18.2 Å². The topological polar surface area (TPSA) is 76.5 Å². The van der Waals surface area contributed by atoms with Gasteiger partial charge in [-0.1, -0.05) is 11.2 Å². The summed E-state index contributed by atoms with van der Waals surface area (Å²) in [6.07, 6.45) is -4.24. The summed E-state index contributed by atoms with van der Waals surface area (Å²) in [7, 11) is 1.41. The second kappa shape index (κ2) is 9.70. The van der Waals surface area contributed by atoms with Crippen LogP contribution < -0.4 is 14.2 Å². The summed E-state index contributed by atoms with van der Waals surface area (Å²) in [4.78, 5) is 2.64. The van der Waals surface area contributed by atoms with Crippen molar-refractivity contribution in [1.82, 2.24) is 0 Å². The van der Waals surface area contributed by atoms with Gasteiger partial charge in [-0.25, -0.2) is 4.39 Å². The third-order valence-electron chi connectivity index (χ3n) is 3.60. The molecule has 0 radical (unpaired) electrons. The second-order valence-corrected chi connectivity index (χ2v) is 5.57. The quantitative estimate of drug-likeness (QED) is 0.183. The molecule has 2 aromatic rings. The Labute approximate surface area is 158 Å². The van der Waals surface area contributed by atoms with E-state index in [-0.39, 0.29) is 12.2 Å². The molecule has 0 atom stereocenters. The molecule has 0 saturated carbocycles. The zero-order valence-electron chi connectivity index (χ0n) is 14.9. The van der Waals surface area contributed by atoms with Crippen molar-refractivity contribution in [3.63, 3.8) is 0 Å². The summed E-state index contributed by atoms with van der Waals surface area (Å²) in [5.41, 5.74) is 7.01. The van der Waals surface area contributed by atoms with E-state index in [2.05, 4.69) is 10.0 Å². The van der Waals surface area contributed by atoms with Crippen molar-refractivity contribution in [2.45, 2.75) is 19.2 Å². The first-order valence-corrected chi connectivity index (χ1v) is 8.15. The molecule has 0 amide bonds. The molecule has 0 spiro atoms. The van der Waals surface area contributed by atoms with Crippen molar-refractivity contribution in [2.24, 2.45) is 5.11 Å². The Kier molecular flexibility index (Phi) is 7.34. The highest BCUT2D eigenvalue weighted by atomic mass is 19.4. The number of benzene rings is 2. The Morgan fingerprint density at radius 2 is 1.86 bits per heavy atom. The number of hydrogen-bond acceptors (Lipinski definition) is 4. The molecule has 150 valence electrons. The van der Waals surface area contributed by atoms with Crippen LogP contribution in [0.1, 0.15) is 17.5 Å². The molecule has 0 bridgehead atoms. The summed E-state index contributed by atoms with van der Waals surface area (Å²) in [6.45, 7) is 0.441. The molecule has 10 heteroatoms. The zero-order valence-corrected chi connectivity index (χ0v) is 14.9. The van der Waals surface area contributed by atoms with Gasteiger partial charge in [-0.15, -0.1) is 0 Å². The lowest BCUT2D eigenvalue weighted by atomic mass is 10.1. The molecule has 0 saturated heterocycles. The molecule has 0 fully saturated rings. The normalized spacial score (nSPS) is 10.9. The highest BCUT2D eigenvalue weighted by Gasteiger charge is 2.34. The smallest absolute Gasteiger partial charge is 0.419 e. The predicted molar refractivity (Wildman–Crippen MR) is 92.9 cm³/mol. The number of alkyl halides is 3. The first kappa shape index (κ1) is 21.2. The summed E-state index contributed by atoms with van der Waals surface area (Å²) in [6, 6.07) is 7.41. The monoisotopic (exact) mass is 399 g/mol. The Bertz CT molecular complexity index is 852. The standard InChI is InChI=1S/C18H17F4N3O3/c1-26-17-10-13(27-8-2-7-24-25-23)4-6-16(17)28-11-12-3-5-15(19)14(9-12)18(20,21)22/h3-6,9-10H,2,7-8,11H2,1H3. The molecular weight excluding hydrogens is 382 g/mol. The van der Waals surface area contributed by atoms with Crippen molar-refractivity contribution in [3.8, 4) is 17.2 Å². The van der Waals surface area contributed by atoms with Gasteiger partial charge in [0.1, 0.15) is 18.2 Å². The van der Waals surface area contributed by atoms with Crippen LogP contribution in [0, 0.1) is 5.82 Å². The average molecular weight is 399 g/mol. The molecule has 0 aromatic heterocycles. The fourth-order valence-electron chi connectivity index (χ4n) is 2.27. The van der Waals surface area contributed by atoms with Crippen molar-refractivity contribution >= 4 is 0 Å². The van der Waals surface area contributed by atoms with Gasteiger partial charge in [-0.3, -0.25) is 0 Å². The molecule has 0 aliphatic rings. The Morgan fingerprint density at radius 3 is 2.54 bits per heavy atom. The van der Waals surface area contributed by atoms with Gasteiger partial charge in [0.15, 0.2) is 11.5 Å². The van der Waals surface area contributed by atoms with Crippen LogP contribution >= 0.6 is 0 Å². The van der Waals surface area contributed by atoms with E-state index in [1.165, 1.54) is 13.2 Å². The number of rotatable bonds is 9. The third kappa shape index (κ3) is 5.95. The molecule has 0 aliphatic heterocycles. The minimum atomic E-state index is -4.78. The van der Waals surface area contributed by atoms with Gasteiger partial charge < -0.3 is 14.2 Å². The molecular formula is C18H17F4N3O3. The van der Waals surface area contributed by atoms with Crippen molar-refractivity contribution in [3.05, 3.63) is 63.8 Å². The highest BCUT2D eigenvalue weighted by molar-refractivity contribution is 5.45. The lowest BCUT2D eigenvalue weighted by Crippen LogP contribution is -2.09. The van der Waals surface area contributed by atoms with Crippen molar-refractivity contribution in [1.29, 1.82) is 0 Å². The number of halogens is 4. The van der Waals surface area contributed by atoms with Crippen molar-refractivity contribution < 1.29 is 31.8 Å². The van der Waals surface area contributed by atoms with E-state index in [9.17, 15) is 17.6 Å². The predicted octanol–water partition coefficient (Wildman–Crippen LogP) is 5.51. The summed E-state index contributed by atoms with van der Waals surface area (Å²) < 4.78 is 67.9. The Balaban J connectivity index is 2.03. The van der Waals surface area contributed by atoms with Gasteiger partial charge in [0, 0.05) is 17.5 Å². The Morgan fingerprint density at radius 1 is 1.07 bits per heavy atom. The van der Waals surface area contributed by atoms with Crippen LogP contribution in [0.5, 0.6) is 17.2 Å². The highest BCUT2D eigenvalue weighted by Crippen LogP contribution is 2.34. The van der Waals surface area contributed by atoms with Crippen LogP contribution in [-0.2, 0) is 12.8 Å².